The standard InChI is InChI=1S/C29H22F6N2O3/c1-4-7-18-10-17(13-21(39-5-2)28(18)40-14-16-8-6-9-19(30)11-16)12-20-15(3)36-37(29(20)38)27-25(34)23(32)22(31)24(33)26(27)35/h4,6,8-13H,1,5,7,14H2,2-3H3/b20-12+. The topological polar surface area (TPSA) is 51.1 Å². The number of hydrogen-bond acceptors (Lipinski definition) is 4. The first-order valence-electron chi connectivity index (χ1n) is 12.0. The Balaban J connectivity index is 1.73. The van der Waals surface area contributed by atoms with Crippen molar-refractivity contribution in [3.05, 3.63) is 106 Å². The van der Waals surface area contributed by atoms with E-state index in [2.05, 4.69) is 11.7 Å². The number of amides is 1. The molecular formula is C29H22F6N2O3. The largest absolute Gasteiger partial charge is 0.490 e. The lowest BCUT2D eigenvalue weighted by Gasteiger charge is -2.17. The van der Waals surface area contributed by atoms with E-state index in [1.807, 2.05) is 0 Å². The van der Waals surface area contributed by atoms with E-state index in [0.29, 0.717) is 34.6 Å². The van der Waals surface area contributed by atoms with Crippen molar-refractivity contribution in [3.8, 4) is 11.5 Å². The molecule has 3 aromatic rings. The minimum atomic E-state index is -2.35. The fourth-order valence-electron chi connectivity index (χ4n) is 4.06. The summed E-state index contributed by atoms with van der Waals surface area (Å²) >= 11 is 0. The highest BCUT2D eigenvalue weighted by Gasteiger charge is 2.37. The zero-order chi connectivity index (χ0) is 29.1. The van der Waals surface area contributed by atoms with Gasteiger partial charge in [0.25, 0.3) is 5.91 Å². The van der Waals surface area contributed by atoms with Crippen molar-refractivity contribution in [3.63, 3.8) is 0 Å². The molecule has 0 aromatic heterocycles. The number of ether oxygens (including phenoxy) is 2. The van der Waals surface area contributed by atoms with Gasteiger partial charge in [0.15, 0.2) is 34.8 Å². The Labute approximate surface area is 225 Å². The second-order valence-electron chi connectivity index (χ2n) is 8.63. The molecule has 0 atom stereocenters. The van der Waals surface area contributed by atoms with Crippen LogP contribution in [0.5, 0.6) is 11.5 Å². The first-order chi connectivity index (χ1) is 19.1. The van der Waals surface area contributed by atoms with Crippen LogP contribution in [0.1, 0.15) is 30.5 Å². The number of nitrogens with zero attached hydrogens (tertiary/aromatic N) is 2. The molecule has 11 heteroatoms. The number of anilines is 1. The SMILES string of the molecule is C=CCc1cc(/C=C2/C(=O)N(c3c(F)c(F)c(F)c(F)c3F)N=C2C)cc(OCC)c1OCc1cccc(F)c1. The maximum absolute atomic E-state index is 14.4. The molecule has 1 amide bonds. The van der Waals surface area contributed by atoms with Crippen LogP contribution < -0.4 is 14.5 Å². The average Bonchev–Trinajstić information content (AvgIpc) is 3.19. The van der Waals surface area contributed by atoms with Crippen molar-refractivity contribution in [2.24, 2.45) is 5.10 Å². The van der Waals surface area contributed by atoms with Crippen LogP contribution in [-0.2, 0) is 17.8 Å². The Morgan fingerprint density at radius 3 is 2.25 bits per heavy atom. The summed E-state index contributed by atoms with van der Waals surface area (Å²) in [4.78, 5) is 13.1. The molecule has 0 bridgehead atoms. The summed E-state index contributed by atoms with van der Waals surface area (Å²) in [7, 11) is 0. The van der Waals surface area contributed by atoms with Gasteiger partial charge in [0.05, 0.1) is 17.9 Å². The van der Waals surface area contributed by atoms with Crippen LogP contribution in [0, 0.1) is 34.9 Å². The predicted molar refractivity (Wildman–Crippen MR) is 137 cm³/mol. The number of benzene rings is 3. The number of carbonyl (C=O) groups is 1. The van der Waals surface area contributed by atoms with Gasteiger partial charge in [-0.2, -0.15) is 10.1 Å². The quantitative estimate of drug-likeness (QED) is 0.0928. The summed E-state index contributed by atoms with van der Waals surface area (Å²) in [5.41, 5.74) is -0.0770. The fraction of sp³-hybridized carbons (Fsp3) is 0.172. The van der Waals surface area contributed by atoms with Crippen molar-refractivity contribution < 1.29 is 40.6 Å². The molecular weight excluding hydrogens is 538 g/mol. The van der Waals surface area contributed by atoms with E-state index in [4.69, 9.17) is 9.47 Å². The first-order valence-corrected chi connectivity index (χ1v) is 12.0. The Morgan fingerprint density at radius 1 is 0.950 bits per heavy atom. The average molecular weight is 560 g/mol. The molecule has 0 saturated heterocycles. The number of hydrogen-bond donors (Lipinski definition) is 0. The molecule has 0 saturated carbocycles. The van der Waals surface area contributed by atoms with E-state index in [9.17, 15) is 31.1 Å². The Hall–Kier alpha value is -4.54. The maximum atomic E-state index is 14.4. The van der Waals surface area contributed by atoms with Crippen LogP contribution in [0.4, 0.5) is 32.0 Å². The van der Waals surface area contributed by atoms with Gasteiger partial charge in [-0.3, -0.25) is 4.79 Å². The second kappa shape index (κ2) is 11.7. The van der Waals surface area contributed by atoms with E-state index in [1.54, 1.807) is 37.3 Å². The molecule has 0 spiro atoms. The number of hydrazone groups is 1. The Morgan fingerprint density at radius 2 is 1.62 bits per heavy atom. The molecule has 5 nitrogen and oxygen atoms in total. The van der Waals surface area contributed by atoms with Crippen LogP contribution in [-0.4, -0.2) is 18.2 Å². The maximum Gasteiger partial charge on any atom is 0.280 e. The van der Waals surface area contributed by atoms with Crippen LogP contribution in [0.2, 0.25) is 0 Å². The van der Waals surface area contributed by atoms with Gasteiger partial charge in [0, 0.05) is 5.56 Å². The minimum Gasteiger partial charge on any atom is -0.490 e. The molecule has 3 aromatic carbocycles. The minimum absolute atomic E-state index is 0.0244. The van der Waals surface area contributed by atoms with Gasteiger partial charge >= 0.3 is 0 Å². The number of rotatable bonds is 9. The van der Waals surface area contributed by atoms with Crippen molar-refractivity contribution in [1.29, 1.82) is 0 Å². The van der Waals surface area contributed by atoms with Crippen LogP contribution in [0.15, 0.2) is 59.7 Å². The van der Waals surface area contributed by atoms with Crippen molar-refractivity contribution >= 4 is 23.4 Å². The summed E-state index contributed by atoms with van der Waals surface area (Å²) in [5.74, 6) is -12.0. The number of carbonyl (C=O) groups excluding carboxylic acids is 1. The van der Waals surface area contributed by atoms with E-state index < -0.39 is 46.5 Å². The summed E-state index contributed by atoms with van der Waals surface area (Å²) < 4.78 is 95.1. The van der Waals surface area contributed by atoms with Crippen LogP contribution >= 0.6 is 0 Å². The Kier molecular flexibility index (Phi) is 8.32. The third-order valence-electron chi connectivity index (χ3n) is 5.86. The van der Waals surface area contributed by atoms with Gasteiger partial charge in [0.1, 0.15) is 18.1 Å². The van der Waals surface area contributed by atoms with E-state index in [0.717, 1.165) is 0 Å². The summed E-state index contributed by atoms with van der Waals surface area (Å²) in [6.07, 6.45) is 3.27. The normalized spacial score (nSPS) is 14.1. The van der Waals surface area contributed by atoms with Crippen LogP contribution in [0.25, 0.3) is 6.08 Å². The fourth-order valence-corrected chi connectivity index (χ4v) is 4.06. The highest BCUT2D eigenvalue weighted by atomic mass is 19.2. The molecule has 0 unspecified atom stereocenters. The molecule has 0 N–H and O–H groups in total. The van der Waals surface area contributed by atoms with E-state index >= 15 is 0 Å². The summed E-state index contributed by atoms with van der Waals surface area (Å²) in [5, 5.41) is 3.89. The van der Waals surface area contributed by atoms with Crippen molar-refractivity contribution in [2.45, 2.75) is 26.9 Å². The first kappa shape index (κ1) is 28.5. The molecule has 4 rings (SSSR count). The van der Waals surface area contributed by atoms with E-state index in [-0.39, 0.29) is 29.5 Å². The highest BCUT2D eigenvalue weighted by molar-refractivity contribution is 6.32. The van der Waals surface area contributed by atoms with Gasteiger partial charge in [0.2, 0.25) is 5.82 Å². The zero-order valence-electron chi connectivity index (χ0n) is 21.3. The van der Waals surface area contributed by atoms with E-state index in [1.165, 1.54) is 25.1 Å². The lowest BCUT2D eigenvalue weighted by atomic mass is 10.0. The van der Waals surface area contributed by atoms with Crippen LogP contribution in [0.3, 0.4) is 0 Å². The van der Waals surface area contributed by atoms with Gasteiger partial charge in [-0.1, -0.05) is 18.2 Å². The molecule has 1 aliphatic heterocycles. The molecule has 208 valence electrons. The lowest BCUT2D eigenvalue weighted by Crippen LogP contribution is -2.25. The smallest absolute Gasteiger partial charge is 0.280 e. The van der Waals surface area contributed by atoms with Gasteiger partial charge in [-0.25, -0.2) is 26.3 Å². The third-order valence-corrected chi connectivity index (χ3v) is 5.86. The van der Waals surface area contributed by atoms with Gasteiger partial charge < -0.3 is 9.47 Å². The number of allylic oxidation sites excluding steroid dienone is 1. The van der Waals surface area contributed by atoms with Gasteiger partial charge in [-0.05, 0) is 61.7 Å². The summed E-state index contributed by atoms with van der Waals surface area (Å²) in [6.45, 7) is 7.11. The zero-order valence-corrected chi connectivity index (χ0v) is 21.3. The lowest BCUT2D eigenvalue weighted by molar-refractivity contribution is -0.114. The predicted octanol–water partition coefficient (Wildman–Crippen LogP) is 7.03. The molecule has 0 fully saturated rings. The molecule has 40 heavy (non-hydrogen) atoms. The molecule has 1 aliphatic rings. The molecule has 1 heterocycles. The highest BCUT2D eigenvalue weighted by Crippen LogP contribution is 2.37. The number of halogens is 6. The molecule has 0 aliphatic carbocycles. The van der Waals surface area contributed by atoms with Crippen molar-refractivity contribution in [2.75, 3.05) is 11.6 Å². The monoisotopic (exact) mass is 560 g/mol. The Bertz CT molecular complexity index is 1540. The second-order valence-corrected chi connectivity index (χ2v) is 8.63. The third kappa shape index (κ3) is 5.45. The van der Waals surface area contributed by atoms with Crippen molar-refractivity contribution in [1.82, 2.24) is 0 Å². The van der Waals surface area contributed by atoms with Gasteiger partial charge in [-0.15, -0.1) is 6.58 Å². The summed E-state index contributed by atoms with van der Waals surface area (Å²) in [6, 6.07) is 9.08. The molecule has 0 radical (unpaired) electrons.